The molecule has 0 aromatic rings. The molecule has 1 unspecified atom stereocenters. The quantitative estimate of drug-likeness (QED) is 0.589. The molecule has 7 heteroatoms. The predicted molar refractivity (Wildman–Crippen MR) is 96.1 cm³/mol. The van der Waals surface area contributed by atoms with Crippen molar-refractivity contribution >= 4 is 12.1 Å². The van der Waals surface area contributed by atoms with E-state index < -0.39 is 5.60 Å². The smallest absolute Gasteiger partial charge is 0.410 e. The van der Waals surface area contributed by atoms with E-state index in [0.29, 0.717) is 32.2 Å². The highest BCUT2D eigenvalue weighted by molar-refractivity contribution is 5.78. The maximum absolute atomic E-state index is 12.1. The lowest BCUT2D eigenvalue weighted by molar-refractivity contribution is 0.0127. The number of nitrogens with zero attached hydrogens (tertiary/aromatic N) is 2. The normalized spacial score (nSPS) is 19.8. The van der Waals surface area contributed by atoms with E-state index in [4.69, 9.17) is 15.2 Å². The van der Waals surface area contributed by atoms with Crippen molar-refractivity contribution in [3.63, 3.8) is 0 Å². The van der Waals surface area contributed by atoms with Gasteiger partial charge in [-0.05, 0) is 46.0 Å². The van der Waals surface area contributed by atoms with Crippen molar-refractivity contribution in [3.8, 4) is 0 Å². The van der Waals surface area contributed by atoms with Gasteiger partial charge < -0.3 is 25.4 Å². The highest BCUT2D eigenvalue weighted by Crippen LogP contribution is 2.31. The second-order valence-corrected chi connectivity index (χ2v) is 7.98. The Labute approximate surface area is 146 Å². The molecule has 0 aromatic carbocycles. The van der Waals surface area contributed by atoms with Crippen molar-refractivity contribution in [2.45, 2.75) is 59.1 Å². The van der Waals surface area contributed by atoms with Gasteiger partial charge in [-0.15, -0.1) is 0 Å². The maximum Gasteiger partial charge on any atom is 0.410 e. The van der Waals surface area contributed by atoms with Crippen LogP contribution in [0.4, 0.5) is 4.79 Å². The van der Waals surface area contributed by atoms with Gasteiger partial charge in [0.25, 0.3) is 0 Å². The molecule has 1 saturated heterocycles. The molecule has 1 fully saturated rings. The van der Waals surface area contributed by atoms with Gasteiger partial charge in [-0.2, -0.15) is 0 Å². The molecule has 140 valence electrons. The van der Waals surface area contributed by atoms with Crippen LogP contribution in [0.5, 0.6) is 0 Å². The minimum absolute atomic E-state index is 0.0509. The van der Waals surface area contributed by atoms with Crippen molar-refractivity contribution in [2.24, 2.45) is 16.1 Å². The lowest BCUT2D eigenvalue weighted by Gasteiger charge is -2.39. The Morgan fingerprint density at radius 2 is 1.96 bits per heavy atom. The molecule has 0 bridgehead atoms. The first kappa shape index (κ1) is 20.5. The fourth-order valence-corrected chi connectivity index (χ4v) is 2.58. The van der Waals surface area contributed by atoms with Crippen LogP contribution in [0.15, 0.2) is 4.99 Å². The summed E-state index contributed by atoms with van der Waals surface area (Å²) in [6.07, 6.45) is 1.54. The van der Waals surface area contributed by atoms with Crippen LogP contribution in [0.3, 0.4) is 0 Å². The second-order valence-electron chi connectivity index (χ2n) is 7.98. The van der Waals surface area contributed by atoms with Gasteiger partial charge in [-0.25, -0.2) is 4.79 Å². The van der Waals surface area contributed by atoms with Crippen LogP contribution >= 0.6 is 0 Å². The topological polar surface area (TPSA) is 89.2 Å². The molecule has 1 rings (SSSR count). The standard InChI is InChI=1S/C17H34N4O3/c1-13(11-23-6)20-14(18)19-12-17(5)7-9-21(10-8-17)15(22)24-16(2,3)4/h13H,7-12H2,1-6H3,(H3,18,19,20). The first-order chi connectivity index (χ1) is 11.0. The number of ether oxygens (including phenoxy) is 2. The first-order valence-corrected chi connectivity index (χ1v) is 8.58. The number of guanidine groups is 1. The van der Waals surface area contributed by atoms with E-state index >= 15 is 0 Å². The number of rotatable bonds is 5. The van der Waals surface area contributed by atoms with Crippen LogP contribution in [0.1, 0.15) is 47.5 Å². The molecule has 1 atom stereocenters. The number of nitrogens with one attached hydrogen (secondary N) is 1. The van der Waals surface area contributed by atoms with Crippen molar-refractivity contribution in [3.05, 3.63) is 0 Å². The lowest BCUT2D eigenvalue weighted by atomic mass is 9.80. The molecular weight excluding hydrogens is 308 g/mol. The van der Waals surface area contributed by atoms with Gasteiger partial charge >= 0.3 is 6.09 Å². The average molecular weight is 342 g/mol. The summed E-state index contributed by atoms with van der Waals surface area (Å²) in [6.45, 7) is 12.4. The van der Waals surface area contributed by atoms with Crippen LogP contribution in [-0.2, 0) is 9.47 Å². The SMILES string of the molecule is COCC(C)NC(N)=NCC1(C)CCN(C(=O)OC(C)(C)C)CC1. The Hall–Kier alpha value is -1.50. The third kappa shape index (κ3) is 7.38. The summed E-state index contributed by atoms with van der Waals surface area (Å²) in [5.74, 6) is 0.440. The number of hydrogen-bond acceptors (Lipinski definition) is 4. The molecule has 0 saturated carbocycles. The van der Waals surface area contributed by atoms with Gasteiger partial charge in [0.05, 0.1) is 6.61 Å². The lowest BCUT2D eigenvalue weighted by Crippen LogP contribution is -2.46. The van der Waals surface area contributed by atoms with E-state index in [-0.39, 0.29) is 17.6 Å². The second kappa shape index (κ2) is 8.55. The monoisotopic (exact) mass is 342 g/mol. The minimum atomic E-state index is -0.457. The van der Waals surface area contributed by atoms with E-state index in [1.54, 1.807) is 12.0 Å². The molecule has 0 aromatic heterocycles. The summed E-state index contributed by atoms with van der Waals surface area (Å²) in [5.41, 5.74) is 5.52. The average Bonchev–Trinajstić information content (AvgIpc) is 2.44. The zero-order valence-corrected chi connectivity index (χ0v) is 16.0. The molecule has 0 radical (unpaired) electrons. The molecule has 1 aliphatic heterocycles. The zero-order valence-electron chi connectivity index (χ0n) is 16.0. The summed E-state index contributed by atoms with van der Waals surface area (Å²) < 4.78 is 10.5. The largest absolute Gasteiger partial charge is 0.444 e. The van der Waals surface area contributed by atoms with Crippen LogP contribution in [0.25, 0.3) is 0 Å². The molecule has 0 aliphatic carbocycles. The van der Waals surface area contributed by atoms with Crippen molar-refractivity contribution < 1.29 is 14.3 Å². The minimum Gasteiger partial charge on any atom is -0.444 e. The number of likely N-dealkylation sites (tertiary alicyclic amines) is 1. The molecule has 0 spiro atoms. The summed E-state index contributed by atoms with van der Waals surface area (Å²) >= 11 is 0. The first-order valence-electron chi connectivity index (χ1n) is 8.58. The molecule has 1 amide bonds. The number of nitrogens with two attached hydrogens (primary N) is 1. The Balaban J connectivity index is 2.46. The molecule has 3 N–H and O–H groups in total. The highest BCUT2D eigenvalue weighted by atomic mass is 16.6. The Morgan fingerprint density at radius 1 is 1.38 bits per heavy atom. The summed E-state index contributed by atoms with van der Waals surface area (Å²) in [7, 11) is 1.66. The Morgan fingerprint density at radius 3 is 2.46 bits per heavy atom. The van der Waals surface area contributed by atoms with E-state index in [0.717, 1.165) is 12.8 Å². The van der Waals surface area contributed by atoms with Crippen LogP contribution in [0, 0.1) is 5.41 Å². The maximum atomic E-state index is 12.1. The van der Waals surface area contributed by atoms with Crippen molar-refractivity contribution in [2.75, 3.05) is 33.4 Å². The summed E-state index contributed by atoms with van der Waals surface area (Å²) in [6, 6.07) is 0.126. The fourth-order valence-electron chi connectivity index (χ4n) is 2.58. The summed E-state index contributed by atoms with van der Waals surface area (Å²) in [5, 5.41) is 3.11. The fraction of sp³-hybridized carbons (Fsp3) is 0.882. The molecule has 7 nitrogen and oxygen atoms in total. The number of aliphatic imine (C=N–C) groups is 1. The van der Waals surface area contributed by atoms with Crippen molar-refractivity contribution in [1.82, 2.24) is 10.2 Å². The van der Waals surface area contributed by atoms with Crippen LogP contribution in [0.2, 0.25) is 0 Å². The third-order valence-electron chi connectivity index (χ3n) is 4.06. The highest BCUT2D eigenvalue weighted by Gasteiger charge is 2.33. The van der Waals surface area contributed by atoms with E-state index in [1.165, 1.54) is 0 Å². The van der Waals surface area contributed by atoms with E-state index in [1.807, 2.05) is 27.7 Å². The number of piperidine rings is 1. The number of carbonyl (C=O) groups excluding carboxylic acids is 1. The zero-order chi connectivity index (χ0) is 18.4. The van der Waals surface area contributed by atoms with Gasteiger partial charge in [0.15, 0.2) is 5.96 Å². The van der Waals surface area contributed by atoms with Gasteiger partial charge in [0.2, 0.25) is 0 Å². The number of carbonyl (C=O) groups is 1. The van der Waals surface area contributed by atoms with Gasteiger partial charge in [-0.1, -0.05) is 6.92 Å². The molecule has 1 aliphatic rings. The van der Waals surface area contributed by atoms with Gasteiger partial charge in [0, 0.05) is 32.8 Å². The van der Waals surface area contributed by atoms with Gasteiger partial charge in [0.1, 0.15) is 5.60 Å². The molecule has 24 heavy (non-hydrogen) atoms. The van der Waals surface area contributed by atoms with Crippen LogP contribution < -0.4 is 11.1 Å². The van der Waals surface area contributed by atoms with E-state index in [9.17, 15) is 4.79 Å². The molecule has 1 heterocycles. The Kier molecular flexibility index (Phi) is 7.32. The number of amides is 1. The van der Waals surface area contributed by atoms with Crippen molar-refractivity contribution in [1.29, 1.82) is 0 Å². The van der Waals surface area contributed by atoms with Gasteiger partial charge in [-0.3, -0.25) is 4.99 Å². The number of hydrogen-bond donors (Lipinski definition) is 2. The van der Waals surface area contributed by atoms with E-state index in [2.05, 4.69) is 17.2 Å². The van der Waals surface area contributed by atoms with Crippen LogP contribution in [-0.4, -0.2) is 61.9 Å². The third-order valence-corrected chi connectivity index (χ3v) is 4.06. The Bertz CT molecular complexity index is 438. The summed E-state index contributed by atoms with van der Waals surface area (Å²) in [4.78, 5) is 18.3. The molecular formula is C17H34N4O3. The predicted octanol–water partition coefficient (Wildman–Crippen LogP) is 1.96. The number of methoxy groups -OCH3 is 1.